The molecule has 0 N–H and O–H groups in total. The number of fused-ring (bicyclic) bond motifs is 7. The summed E-state index contributed by atoms with van der Waals surface area (Å²) in [6.07, 6.45) is 0. The van der Waals surface area contributed by atoms with Crippen LogP contribution in [0.3, 0.4) is 0 Å². The van der Waals surface area contributed by atoms with Crippen molar-refractivity contribution in [1.29, 1.82) is 0 Å². The number of nitrogens with zero attached hydrogens (tertiary/aromatic N) is 2. The first-order chi connectivity index (χ1) is 17.1. The summed E-state index contributed by atoms with van der Waals surface area (Å²) in [5.74, 6) is -4.30. The van der Waals surface area contributed by atoms with Gasteiger partial charge >= 0.3 is 12.0 Å². The molecule has 0 aliphatic carbocycles. The van der Waals surface area contributed by atoms with Crippen LogP contribution in [0.5, 0.6) is 0 Å². The Bertz CT molecular complexity index is 1850. The molecule has 7 heteroatoms. The topological polar surface area (TPSA) is 8.17 Å². The Labute approximate surface area is 204 Å². The fourth-order valence-corrected chi connectivity index (χ4v) is 6.85. The van der Waals surface area contributed by atoms with Gasteiger partial charge in [-0.2, -0.15) is 17.6 Å². The van der Waals surface area contributed by atoms with Crippen LogP contribution in [0.1, 0.15) is 22.3 Å². The van der Waals surface area contributed by atoms with E-state index in [2.05, 4.69) is 35.8 Å². The normalized spacial score (nSPS) is 17.6. The molecule has 0 radical (unpaired) electrons. The average Bonchev–Trinajstić information content (AvgIpc) is 3.21. The molecule has 36 heavy (non-hydrogen) atoms. The van der Waals surface area contributed by atoms with E-state index in [1.165, 1.54) is 6.07 Å². The number of aryl methyl sites for hydroxylation is 3. The number of hydrogen-bond acceptors (Lipinski definition) is 1. The molecule has 176 valence electrons. The summed E-state index contributed by atoms with van der Waals surface area (Å²) in [7, 11) is 0. The van der Waals surface area contributed by atoms with Gasteiger partial charge in [0.05, 0.1) is 16.8 Å². The van der Waals surface area contributed by atoms with Gasteiger partial charge in [0.15, 0.2) is 0 Å². The molecule has 3 aliphatic heterocycles. The number of hydrogen-bond donors (Lipinski definition) is 0. The maximum atomic E-state index is 15.6. The van der Waals surface area contributed by atoms with Gasteiger partial charge < -0.3 is 4.57 Å². The molecule has 0 saturated carbocycles. The summed E-state index contributed by atoms with van der Waals surface area (Å²) >= 11 is 0. The van der Waals surface area contributed by atoms with Crippen molar-refractivity contribution >= 4 is 56.3 Å². The molecule has 0 fully saturated rings. The van der Waals surface area contributed by atoms with E-state index >= 15 is 17.6 Å². The largest absolute Gasteiger partial charge is 0.397 e. The molecular weight excluding hydrogens is 463 g/mol. The summed E-state index contributed by atoms with van der Waals surface area (Å²) in [6.45, 7) is 5.35. The van der Waals surface area contributed by atoms with Crippen molar-refractivity contribution in [2.75, 3.05) is 4.90 Å². The van der Waals surface area contributed by atoms with E-state index in [0.717, 1.165) is 44.1 Å². The number of benzene rings is 4. The van der Waals surface area contributed by atoms with Crippen LogP contribution in [0.15, 0.2) is 60.7 Å². The van der Waals surface area contributed by atoms with Crippen LogP contribution in [0.25, 0.3) is 27.5 Å². The molecule has 0 spiro atoms. The molecule has 4 heterocycles. The summed E-state index contributed by atoms with van der Waals surface area (Å²) in [5.41, 5.74) is 7.09. The zero-order valence-electron chi connectivity index (χ0n) is 19.8. The smallest absolute Gasteiger partial charge is 0.310 e. The van der Waals surface area contributed by atoms with E-state index < -0.39 is 24.2 Å². The fourth-order valence-electron chi connectivity index (χ4n) is 6.85. The van der Waals surface area contributed by atoms with Crippen LogP contribution in [0, 0.1) is 20.8 Å². The lowest BCUT2D eigenvalue weighted by Gasteiger charge is -2.40. The molecule has 3 aliphatic rings. The Balaban J connectivity index is 1.62. The maximum absolute atomic E-state index is 15.6. The highest BCUT2D eigenvalue weighted by atomic mass is 19.3. The SMILES string of the molecule is Cc1cc2c3c(c1)C(F)(F)C(F)(F)N3c1cccc3c1B2c1cc(C)cc2c4cc(C)ccc4n-3c12. The zero-order valence-corrected chi connectivity index (χ0v) is 19.8. The fraction of sp³-hybridized carbons (Fsp3) is 0.172. The van der Waals surface area contributed by atoms with Crippen molar-refractivity contribution in [3.63, 3.8) is 0 Å². The van der Waals surface area contributed by atoms with Crippen molar-refractivity contribution in [2.45, 2.75) is 32.7 Å². The summed E-state index contributed by atoms with van der Waals surface area (Å²) in [4.78, 5) is 0.597. The third kappa shape index (κ3) is 2.06. The van der Waals surface area contributed by atoms with Gasteiger partial charge in [-0.1, -0.05) is 41.0 Å². The average molecular weight is 482 g/mol. The van der Waals surface area contributed by atoms with Crippen LogP contribution in [0.2, 0.25) is 0 Å². The molecule has 0 bridgehead atoms. The Morgan fingerprint density at radius 3 is 2.22 bits per heavy atom. The van der Waals surface area contributed by atoms with Crippen molar-refractivity contribution in [1.82, 2.24) is 4.57 Å². The molecular formula is C29H19BF4N2. The molecule has 1 aromatic heterocycles. The molecule has 0 saturated heterocycles. The number of anilines is 2. The highest BCUT2D eigenvalue weighted by Crippen LogP contribution is 2.59. The minimum absolute atomic E-state index is 0.0553. The first-order valence-corrected chi connectivity index (χ1v) is 12.0. The lowest BCUT2D eigenvalue weighted by Crippen LogP contribution is -2.62. The quantitative estimate of drug-likeness (QED) is 0.154. The predicted octanol–water partition coefficient (Wildman–Crippen LogP) is 5.69. The van der Waals surface area contributed by atoms with Gasteiger partial charge in [-0.05, 0) is 73.6 Å². The standard InChI is InChI=1S/C29H19BF4N2/c1-14-7-8-22-17(9-14)18-10-15(2)12-20-26(18)35(22)23-5-4-6-24-25(23)30(20)21-13-16(3)11-19-27(21)36(24)29(33,34)28(19,31)32/h4-13H,1-3H3. The van der Waals surface area contributed by atoms with E-state index in [0.29, 0.717) is 21.4 Å². The Hall–Kier alpha value is -3.74. The van der Waals surface area contributed by atoms with E-state index in [4.69, 9.17) is 0 Å². The molecule has 2 nitrogen and oxygen atoms in total. The van der Waals surface area contributed by atoms with E-state index in [1.807, 2.05) is 25.1 Å². The second-order valence-electron chi connectivity index (χ2n) is 10.5. The van der Waals surface area contributed by atoms with Gasteiger partial charge in [0, 0.05) is 27.7 Å². The molecule has 4 aromatic carbocycles. The van der Waals surface area contributed by atoms with Crippen molar-refractivity contribution < 1.29 is 17.6 Å². The number of halogens is 4. The summed E-state index contributed by atoms with van der Waals surface area (Å²) in [6, 6.07) is 14.3. The van der Waals surface area contributed by atoms with Crippen molar-refractivity contribution in [3.8, 4) is 5.69 Å². The number of rotatable bonds is 0. The first-order valence-electron chi connectivity index (χ1n) is 12.0. The van der Waals surface area contributed by atoms with Gasteiger partial charge in [-0.3, -0.25) is 4.90 Å². The van der Waals surface area contributed by atoms with Crippen LogP contribution in [-0.4, -0.2) is 17.3 Å². The lowest BCUT2D eigenvalue weighted by atomic mass is 9.33. The Kier molecular flexibility index (Phi) is 3.39. The predicted molar refractivity (Wildman–Crippen MR) is 137 cm³/mol. The highest BCUT2D eigenvalue weighted by Gasteiger charge is 2.70. The molecule has 0 amide bonds. The number of aromatic nitrogens is 1. The van der Waals surface area contributed by atoms with Gasteiger partial charge in [0.25, 0.3) is 6.71 Å². The summed E-state index contributed by atoms with van der Waals surface area (Å²) in [5, 5.41) is 2.18. The van der Waals surface area contributed by atoms with E-state index in [-0.39, 0.29) is 11.4 Å². The van der Waals surface area contributed by atoms with Gasteiger partial charge in [-0.25, -0.2) is 0 Å². The monoisotopic (exact) mass is 482 g/mol. The van der Waals surface area contributed by atoms with Crippen molar-refractivity contribution in [2.24, 2.45) is 0 Å². The third-order valence-electron chi connectivity index (χ3n) is 8.15. The van der Waals surface area contributed by atoms with Crippen LogP contribution < -0.4 is 21.3 Å². The van der Waals surface area contributed by atoms with Crippen LogP contribution >= 0.6 is 0 Å². The van der Waals surface area contributed by atoms with E-state index in [1.54, 1.807) is 19.1 Å². The third-order valence-corrected chi connectivity index (χ3v) is 8.15. The summed E-state index contributed by atoms with van der Waals surface area (Å²) < 4.78 is 63.9. The molecule has 8 rings (SSSR count). The minimum atomic E-state index is -4.38. The Morgan fingerprint density at radius 2 is 1.42 bits per heavy atom. The van der Waals surface area contributed by atoms with Crippen LogP contribution in [-0.2, 0) is 5.92 Å². The van der Waals surface area contributed by atoms with Gasteiger partial charge in [0.2, 0.25) is 0 Å². The maximum Gasteiger partial charge on any atom is 0.397 e. The lowest BCUT2D eigenvalue weighted by molar-refractivity contribution is -0.200. The van der Waals surface area contributed by atoms with Crippen molar-refractivity contribution in [3.05, 3.63) is 82.9 Å². The number of alkyl halides is 4. The molecule has 0 atom stereocenters. The second-order valence-corrected chi connectivity index (χ2v) is 10.5. The highest BCUT2D eigenvalue weighted by molar-refractivity contribution is 7.00. The minimum Gasteiger partial charge on any atom is -0.310 e. The Morgan fingerprint density at radius 1 is 0.722 bits per heavy atom. The first kappa shape index (κ1) is 20.5. The van der Waals surface area contributed by atoms with Gasteiger partial charge in [0.1, 0.15) is 0 Å². The van der Waals surface area contributed by atoms with Gasteiger partial charge in [-0.15, -0.1) is 0 Å². The molecule has 0 unspecified atom stereocenters. The second kappa shape index (κ2) is 5.97. The van der Waals surface area contributed by atoms with E-state index in [9.17, 15) is 0 Å². The van der Waals surface area contributed by atoms with Crippen LogP contribution in [0.4, 0.5) is 28.9 Å². The molecule has 5 aromatic rings. The zero-order chi connectivity index (χ0) is 24.9.